The molecule has 8 nitrogen and oxygen atoms in total. The van der Waals surface area contributed by atoms with E-state index in [2.05, 4.69) is 27.3 Å². The fourth-order valence-electron chi connectivity index (χ4n) is 4.02. The molecule has 2 aliphatic heterocycles. The summed E-state index contributed by atoms with van der Waals surface area (Å²) >= 11 is 0. The minimum atomic E-state index is -0.152. The van der Waals surface area contributed by atoms with Crippen molar-refractivity contribution in [1.82, 2.24) is 25.0 Å². The molecule has 2 aromatic rings. The van der Waals surface area contributed by atoms with Crippen LogP contribution in [0.25, 0.3) is 0 Å². The topological polar surface area (TPSA) is 85.4 Å². The Morgan fingerprint density at radius 1 is 1.36 bits per heavy atom. The van der Waals surface area contributed by atoms with Gasteiger partial charge in [0.15, 0.2) is 5.82 Å². The number of furan rings is 1. The van der Waals surface area contributed by atoms with E-state index in [1.54, 1.807) is 6.26 Å². The van der Waals surface area contributed by atoms with Crippen LogP contribution in [0.5, 0.6) is 0 Å². The highest BCUT2D eigenvalue weighted by atomic mass is 16.5. The van der Waals surface area contributed by atoms with Gasteiger partial charge in [-0.25, -0.2) is 0 Å². The van der Waals surface area contributed by atoms with Crippen molar-refractivity contribution in [2.45, 2.75) is 58.8 Å². The lowest BCUT2D eigenvalue weighted by Gasteiger charge is -2.40. The van der Waals surface area contributed by atoms with E-state index in [-0.39, 0.29) is 17.4 Å². The minimum absolute atomic E-state index is 0.0126. The summed E-state index contributed by atoms with van der Waals surface area (Å²) in [6, 6.07) is 4.06. The molecule has 0 unspecified atom stereocenters. The number of aromatic nitrogens is 3. The zero-order valence-electron chi connectivity index (χ0n) is 16.7. The third-order valence-corrected chi connectivity index (χ3v) is 6.03. The predicted molar refractivity (Wildman–Crippen MR) is 103 cm³/mol. The summed E-state index contributed by atoms with van der Waals surface area (Å²) in [5, 5.41) is 11.4. The van der Waals surface area contributed by atoms with Crippen LogP contribution in [0.2, 0.25) is 0 Å². The van der Waals surface area contributed by atoms with E-state index in [0.717, 1.165) is 57.0 Å². The van der Waals surface area contributed by atoms with Crippen molar-refractivity contribution in [3.8, 4) is 0 Å². The molecule has 152 valence electrons. The van der Waals surface area contributed by atoms with Crippen molar-refractivity contribution >= 4 is 5.91 Å². The Balaban J connectivity index is 1.46. The first-order chi connectivity index (χ1) is 13.6. The SMILES string of the molecule is CC[C@H](C)NC(=O)c1nnc2n1CC1(CCN(Cc3ccco3)CC1)COC2. The second-order valence-electron chi connectivity index (χ2n) is 8.16. The average molecular weight is 387 g/mol. The fourth-order valence-corrected chi connectivity index (χ4v) is 4.02. The van der Waals surface area contributed by atoms with Crippen LogP contribution in [-0.2, 0) is 24.4 Å². The van der Waals surface area contributed by atoms with Crippen molar-refractivity contribution < 1.29 is 13.9 Å². The molecule has 4 heterocycles. The van der Waals surface area contributed by atoms with Gasteiger partial charge in [0.2, 0.25) is 5.82 Å². The molecule has 0 aliphatic carbocycles. The van der Waals surface area contributed by atoms with E-state index in [9.17, 15) is 4.79 Å². The van der Waals surface area contributed by atoms with Gasteiger partial charge in [0.25, 0.3) is 5.91 Å². The summed E-state index contributed by atoms with van der Waals surface area (Å²) in [5.74, 6) is 1.99. The molecule has 1 saturated heterocycles. The lowest BCUT2D eigenvalue weighted by atomic mass is 9.79. The third kappa shape index (κ3) is 3.98. The summed E-state index contributed by atoms with van der Waals surface area (Å²) in [4.78, 5) is 15.1. The maximum Gasteiger partial charge on any atom is 0.289 e. The van der Waals surface area contributed by atoms with Gasteiger partial charge < -0.3 is 19.0 Å². The van der Waals surface area contributed by atoms with E-state index >= 15 is 0 Å². The zero-order chi connectivity index (χ0) is 19.6. The van der Waals surface area contributed by atoms with E-state index in [0.29, 0.717) is 19.0 Å². The summed E-state index contributed by atoms with van der Waals surface area (Å²) < 4.78 is 13.4. The molecule has 0 saturated carbocycles. The van der Waals surface area contributed by atoms with Crippen molar-refractivity contribution in [2.75, 3.05) is 19.7 Å². The Bertz CT molecular complexity index is 793. The number of amides is 1. The third-order valence-electron chi connectivity index (χ3n) is 6.03. The molecule has 2 aliphatic rings. The fraction of sp³-hybridized carbons (Fsp3) is 0.650. The summed E-state index contributed by atoms with van der Waals surface area (Å²) in [5.41, 5.74) is 0.0126. The lowest BCUT2D eigenvalue weighted by molar-refractivity contribution is -0.00677. The number of carbonyl (C=O) groups is 1. The van der Waals surface area contributed by atoms with E-state index < -0.39 is 0 Å². The normalized spacial score (nSPS) is 20.5. The van der Waals surface area contributed by atoms with Crippen molar-refractivity contribution in [3.63, 3.8) is 0 Å². The number of ether oxygens (including phenoxy) is 1. The molecular formula is C20H29N5O3. The summed E-state index contributed by atoms with van der Waals surface area (Å²) in [6.07, 6.45) is 4.63. The molecule has 8 heteroatoms. The molecular weight excluding hydrogens is 358 g/mol. The van der Waals surface area contributed by atoms with Gasteiger partial charge in [-0.15, -0.1) is 10.2 Å². The average Bonchev–Trinajstić information content (AvgIpc) is 3.30. The highest BCUT2D eigenvalue weighted by Gasteiger charge is 2.39. The van der Waals surface area contributed by atoms with Crippen LogP contribution in [0.15, 0.2) is 22.8 Å². The molecule has 1 fully saturated rings. The molecule has 0 aromatic carbocycles. The molecule has 1 amide bonds. The summed E-state index contributed by atoms with van der Waals surface area (Å²) in [7, 11) is 0. The van der Waals surface area contributed by atoms with Crippen LogP contribution in [0.1, 0.15) is 55.3 Å². The Kier molecular flexibility index (Phi) is 5.50. The smallest absolute Gasteiger partial charge is 0.289 e. The first-order valence-corrected chi connectivity index (χ1v) is 10.1. The Labute approximate surface area is 165 Å². The molecule has 0 bridgehead atoms. The highest BCUT2D eigenvalue weighted by Crippen LogP contribution is 2.36. The predicted octanol–water partition coefficient (Wildman–Crippen LogP) is 2.21. The molecule has 28 heavy (non-hydrogen) atoms. The number of fused-ring (bicyclic) bond motifs is 1. The van der Waals surface area contributed by atoms with Gasteiger partial charge in [0.05, 0.1) is 19.4 Å². The second-order valence-corrected chi connectivity index (χ2v) is 8.16. The van der Waals surface area contributed by atoms with E-state index in [1.807, 2.05) is 23.6 Å². The number of rotatable bonds is 5. The monoisotopic (exact) mass is 387 g/mol. The first-order valence-electron chi connectivity index (χ1n) is 10.1. The quantitative estimate of drug-likeness (QED) is 0.847. The van der Waals surface area contributed by atoms with Gasteiger partial charge >= 0.3 is 0 Å². The minimum Gasteiger partial charge on any atom is -0.468 e. The van der Waals surface area contributed by atoms with Gasteiger partial charge in [-0.05, 0) is 51.4 Å². The number of hydrogen-bond acceptors (Lipinski definition) is 6. The zero-order valence-corrected chi connectivity index (χ0v) is 16.7. The molecule has 4 rings (SSSR count). The Morgan fingerprint density at radius 3 is 2.89 bits per heavy atom. The second kappa shape index (κ2) is 8.05. The number of likely N-dealkylation sites (tertiary alicyclic amines) is 1. The van der Waals surface area contributed by atoms with Gasteiger partial charge in [0, 0.05) is 18.0 Å². The lowest BCUT2D eigenvalue weighted by Crippen LogP contribution is -2.44. The van der Waals surface area contributed by atoms with Crippen LogP contribution in [0.3, 0.4) is 0 Å². The van der Waals surface area contributed by atoms with Crippen LogP contribution < -0.4 is 5.32 Å². The number of piperidine rings is 1. The van der Waals surface area contributed by atoms with Crippen molar-refractivity contribution in [1.29, 1.82) is 0 Å². The van der Waals surface area contributed by atoms with Gasteiger partial charge in [0.1, 0.15) is 12.4 Å². The van der Waals surface area contributed by atoms with Gasteiger partial charge in [-0.1, -0.05) is 6.92 Å². The number of nitrogens with one attached hydrogen (secondary N) is 1. The largest absolute Gasteiger partial charge is 0.468 e. The maximum absolute atomic E-state index is 12.7. The molecule has 1 spiro atoms. The van der Waals surface area contributed by atoms with E-state index in [1.165, 1.54) is 0 Å². The van der Waals surface area contributed by atoms with Crippen LogP contribution in [0.4, 0.5) is 0 Å². The van der Waals surface area contributed by atoms with Crippen molar-refractivity contribution in [2.24, 2.45) is 5.41 Å². The Hall–Kier alpha value is -2.19. The van der Waals surface area contributed by atoms with Crippen LogP contribution in [-0.4, -0.2) is 51.3 Å². The van der Waals surface area contributed by atoms with Crippen LogP contribution in [0, 0.1) is 5.41 Å². The number of nitrogens with zero attached hydrogens (tertiary/aromatic N) is 4. The Morgan fingerprint density at radius 2 is 2.18 bits per heavy atom. The highest BCUT2D eigenvalue weighted by molar-refractivity contribution is 5.90. The first kappa shape index (κ1) is 19.1. The standard InChI is InChI=1S/C20H29N5O3/c1-3-15(2)21-19(26)18-23-22-17-12-27-14-20(13-25(17)18)6-8-24(9-7-20)11-16-5-4-10-28-16/h4-5,10,15H,3,6-9,11-14H2,1-2H3,(H,21,26)/t15-/m0/s1. The van der Waals surface area contributed by atoms with Gasteiger partial charge in [-0.3, -0.25) is 9.69 Å². The van der Waals surface area contributed by atoms with Gasteiger partial charge in [-0.2, -0.15) is 0 Å². The van der Waals surface area contributed by atoms with E-state index in [4.69, 9.17) is 9.15 Å². The molecule has 1 atom stereocenters. The maximum atomic E-state index is 12.7. The molecule has 2 aromatic heterocycles. The number of carbonyl (C=O) groups excluding carboxylic acids is 1. The summed E-state index contributed by atoms with van der Waals surface area (Å²) in [6.45, 7) is 8.67. The van der Waals surface area contributed by atoms with Crippen molar-refractivity contribution in [3.05, 3.63) is 35.8 Å². The molecule has 1 N–H and O–H groups in total. The number of hydrogen-bond donors (Lipinski definition) is 1. The van der Waals surface area contributed by atoms with Crippen LogP contribution >= 0.6 is 0 Å². The molecule has 0 radical (unpaired) electrons.